The number of para-hydroxylation sites is 1. The standard InChI is InChI=1S/C24H19F4N2O2/c1-2-16-7-9-17(10-8-16)15-30(20-6-4-3-5-18(20)14-29-30)19-11-12-21-22(13-19)32-24(27,28)23(25,26)31-21/h3-14H,2,15H2,1H3/q+1. The van der Waals surface area contributed by atoms with E-state index in [2.05, 4.69) is 16.4 Å². The number of ether oxygens (including phenoxy) is 2. The maximum absolute atomic E-state index is 13.8. The first-order valence-electron chi connectivity index (χ1n) is 10.1. The van der Waals surface area contributed by atoms with E-state index in [0.717, 1.165) is 23.2 Å². The summed E-state index contributed by atoms with van der Waals surface area (Å²) in [5.74, 6) is -0.913. The third-order valence-electron chi connectivity index (χ3n) is 5.74. The Labute approximate surface area is 181 Å². The van der Waals surface area contributed by atoms with Crippen molar-refractivity contribution in [3.05, 3.63) is 83.4 Å². The van der Waals surface area contributed by atoms with Gasteiger partial charge in [-0.2, -0.15) is 17.6 Å². The summed E-state index contributed by atoms with van der Waals surface area (Å²) in [5, 5.41) is 4.74. The zero-order chi connectivity index (χ0) is 22.6. The van der Waals surface area contributed by atoms with Gasteiger partial charge < -0.3 is 9.47 Å². The molecule has 1 atom stereocenters. The number of fused-ring (bicyclic) bond motifs is 2. The molecule has 0 radical (unpaired) electrons. The average molecular weight is 443 g/mol. The smallest absolute Gasteiger partial charge is 0.421 e. The van der Waals surface area contributed by atoms with Gasteiger partial charge in [0.2, 0.25) is 0 Å². The number of nitrogens with zero attached hydrogens (tertiary/aromatic N) is 2. The lowest BCUT2D eigenvalue weighted by Crippen LogP contribution is -2.52. The number of quaternary nitrogens is 1. The third kappa shape index (κ3) is 3.14. The van der Waals surface area contributed by atoms with Gasteiger partial charge in [0.15, 0.2) is 22.9 Å². The van der Waals surface area contributed by atoms with Crippen LogP contribution in [0.3, 0.4) is 0 Å². The summed E-state index contributed by atoms with van der Waals surface area (Å²) in [6.45, 7) is 2.46. The van der Waals surface area contributed by atoms with Crippen molar-refractivity contribution in [2.24, 2.45) is 5.10 Å². The lowest BCUT2D eigenvalue weighted by molar-refractivity contribution is -0.391. The topological polar surface area (TPSA) is 30.8 Å². The minimum absolute atomic E-state index is 0.0553. The molecule has 164 valence electrons. The van der Waals surface area contributed by atoms with Crippen LogP contribution in [-0.4, -0.2) is 18.4 Å². The summed E-state index contributed by atoms with van der Waals surface area (Å²) in [6, 6.07) is 19.7. The Hall–Kier alpha value is -3.39. The minimum Gasteiger partial charge on any atom is -0.421 e. The average Bonchev–Trinajstić information content (AvgIpc) is 3.14. The van der Waals surface area contributed by atoms with Crippen molar-refractivity contribution in [1.82, 2.24) is 4.59 Å². The molecule has 8 heteroatoms. The number of halogens is 4. The van der Waals surface area contributed by atoms with Gasteiger partial charge in [0, 0.05) is 23.8 Å². The van der Waals surface area contributed by atoms with Crippen molar-refractivity contribution in [1.29, 1.82) is 0 Å². The van der Waals surface area contributed by atoms with Crippen LogP contribution in [0.5, 0.6) is 11.5 Å². The zero-order valence-electron chi connectivity index (χ0n) is 17.1. The Morgan fingerprint density at radius 2 is 1.47 bits per heavy atom. The monoisotopic (exact) mass is 443 g/mol. The molecule has 5 rings (SSSR count). The Morgan fingerprint density at radius 3 is 2.19 bits per heavy atom. The summed E-state index contributed by atoms with van der Waals surface area (Å²) in [7, 11) is 0. The van der Waals surface area contributed by atoms with Crippen LogP contribution in [0.25, 0.3) is 0 Å². The molecule has 2 aliphatic rings. The molecule has 2 aliphatic heterocycles. The predicted molar refractivity (Wildman–Crippen MR) is 113 cm³/mol. The number of hydrogen-bond acceptors (Lipinski definition) is 3. The van der Waals surface area contributed by atoms with Crippen LogP contribution in [0, 0.1) is 0 Å². The molecule has 0 aromatic heterocycles. The van der Waals surface area contributed by atoms with Gasteiger partial charge in [0.05, 0.1) is 11.8 Å². The normalized spacial score (nSPS) is 21.9. The summed E-state index contributed by atoms with van der Waals surface area (Å²) in [5.41, 5.74) is 4.36. The summed E-state index contributed by atoms with van der Waals surface area (Å²) in [4.78, 5) is 0. The van der Waals surface area contributed by atoms with Gasteiger partial charge in [0.1, 0.15) is 6.54 Å². The third-order valence-corrected chi connectivity index (χ3v) is 5.74. The van der Waals surface area contributed by atoms with Crippen LogP contribution >= 0.6 is 0 Å². The van der Waals surface area contributed by atoms with E-state index in [1.807, 2.05) is 48.5 Å². The molecule has 0 N–H and O–H groups in total. The molecule has 1 unspecified atom stereocenters. The van der Waals surface area contributed by atoms with E-state index >= 15 is 0 Å². The SMILES string of the molecule is CCc1ccc(C[N+]2(c3ccc4c(c3)OC(F)(F)C(F)(F)O4)N=Cc3ccccc32)cc1. The van der Waals surface area contributed by atoms with Crippen LogP contribution in [0.1, 0.15) is 23.6 Å². The molecule has 0 fully saturated rings. The van der Waals surface area contributed by atoms with Crippen molar-refractivity contribution in [3.63, 3.8) is 0 Å². The fourth-order valence-electron chi connectivity index (χ4n) is 4.01. The summed E-state index contributed by atoms with van der Waals surface area (Å²) >= 11 is 0. The number of alkyl halides is 4. The quantitative estimate of drug-likeness (QED) is 0.345. The number of rotatable bonds is 4. The Balaban J connectivity index is 1.62. The van der Waals surface area contributed by atoms with E-state index in [0.29, 0.717) is 12.2 Å². The summed E-state index contributed by atoms with van der Waals surface area (Å²) in [6.07, 6.45) is -6.92. The molecule has 2 heterocycles. The first kappa shape index (κ1) is 20.5. The van der Waals surface area contributed by atoms with E-state index in [1.54, 1.807) is 12.3 Å². The highest BCUT2D eigenvalue weighted by Crippen LogP contribution is 2.51. The van der Waals surface area contributed by atoms with Gasteiger partial charge in [-0.25, -0.2) is 0 Å². The predicted octanol–water partition coefficient (Wildman–Crippen LogP) is 6.39. The highest BCUT2D eigenvalue weighted by Gasteiger charge is 2.66. The Bertz CT molecular complexity index is 1210. The van der Waals surface area contributed by atoms with Crippen LogP contribution < -0.4 is 14.1 Å². The molecule has 0 amide bonds. The molecule has 32 heavy (non-hydrogen) atoms. The first-order chi connectivity index (χ1) is 15.2. The maximum atomic E-state index is 13.8. The molecule has 0 saturated carbocycles. The fourth-order valence-corrected chi connectivity index (χ4v) is 4.01. The van der Waals surface area contributed by atoms with Gasteiger partial charge in [-0.15, -0.1) is 4.59 Å². The molecule has 4 nitrogen and oxygen atoms in total. The second-order valence-electron chi connectivity index (χ2n) is 7.77. The van der Waals surface area contributed by atoms with Gasteiger partial charge in [-0.05, 0) is 24.1 Å². The lowest BCUT2D eigenvalue weighted by atomic mass is 10.1. The molecular formula is C24H19F4N2O2+. The van der Waals surface area contributed by atoms with Gasteiger partial charge in [-0.1, -0.05) is 48.4 Å². The van der Waals surface area contributed by atoms with E-state index in [-0.39, 0.29) is 4.59 Å². The van der Waals surface area contributed by atoms with Crippen molar-refractivity contribution < 1.29 is 27.0 Å². The first-order valence-corrected chi connectivity index (χ1v) is 10.1. The van der Waals surface area contributed by atoms with Crippen LogP contribution in [0.4, 0.5) is 28.9 Å². The van der Waals surface area contributed by atoms with Crippen molar-refractivity contribution in [3.8, 4) is 11.5 Å². The number of aryl methyl sites for hydroxylation is 1. The second-order valence-corrected chi connectivity index (χ2v) is 7.77. The molecular weight excluding hydrogens is 424 g/mol. The number of hydrogen-bond donors (Lipinski definition) is 0. The van der Waals surface area contributed by atoms with Crippen LogP contribution in [-0.2, 0) is 13.0 Å². The molecule has 3 aromatic carbocycles. The fraction of sp³-hybridized carbons (Fsp3) is 0.208. The molecule has 0 bridgehead atoms. The van der Waals surface area contributed by atoms with E-state index in [4.69, 9.17) is 5.10 Å². The second kappa shape index (κ2) is 7.06. The van der Waals surface area contributed by atoms with E-state index < -0.39 is 23.7 Å². The van der Waals surface area contributed by atoms with Crippen LogP contribution in [0.2, 0.25) is 0 Å². The van der Waals surface area contributed by atoms with Gasteiger partial charge in [0.25, 0.3) is 0 Å². The zero-order valence-corrected chi connectivity index (χ0v) is 17.1. The highest BCUT2D eigenvalue weighted by atomic mass is 19.3. The molecule has 0 aliphatic carbocycles. The largest absolute Gasteiger partial charge is 0.507 e. The molecule has 0 spiro atoms. The number of benzene rings is 3. The van der Waals surface area contributed by atoms with Gasteiger partial charge in [-0.3, -0.25) is 0 Å². The van der Waals surface area contributed by atoms with Crippen molar-refractivity contribution in [2.45, 2.75) is 32.1 Å². The van der Waals surface area contributed by atoms with Crippen molar-refractivity contribution in [2.75, 3.05) is 0 Å². The molecule has 3 aromatic rings. The minimum atomic E-state index is -4.79. The Kier molecular flexibility index (Phi) is 4.53. The van der Waals surface area contributed by atoms with E-state index in [1.165, 1.54) is 17.7 Å². The van der Waals surface area contributed by atoms with Crippen LogP contribution in [0.15, 0.2) is 71.8 Å². The highest BCUT2D eigenvalue weighted by molar-refractivity contribution is 5.93. The van der Waals surface area contributed by atoms with Gasteiger partial charge >= 0.3 is 12.2 Å². The summed E-state index contributed by atoms with van der Waals surface area (Å²) < 4.78 is 63.3. The van der Waals surface area contributed by atoms with Crippen molar-refractivity contribution >= 4 is 17.6 Å². The molecule has 0 saturated heterocycles. The lowest BCUT2D eigenvalue weighted by Gasteiger charge is -2.33. The maximum Gasteiger partial charge on any atom is 0.507 e. The van der Waals surface area contributed by atoms with E-state index in [9.17, 15) is 17.6 Å². The Morgan fingerprint density at radius 1 is 0.812 bits per heavy atom.